The third-order valence-electron chi connectivity index (χ3n) is 3.47. The highest BCUT2D eigenvalue weighted by Crippen LogP contribution is 2.14. The molecule has 0 bridgehead atoms. The van der Waals surface area contributed by atoms with Crippen molar-refractivity contribution < 1.29 is 0 Å². The Bertz CT molecular complexity index is 317. The molecule has 17 heavy (non-hydrogen) atoms. The van der Waals surface area contributed by atoms with Gasteiger partial charge in [0.1, 0.15) is 0 Å². The summed E-state index contributed by atoms with van der Waals surface area (Å²) in [4.78, 5) is 0. The predicted molar refractivity (Wildman–Crippen MR) is 76.4 cm³/mol. The quantitative estimate of drug-likeness (QED) is 0.752. The highest BCUT2D eigenvalue weighted by Gasteiger charge is 2.08. The summed E-state index contributed by atoms with van der Waals surface area (Å²) in [6.45, 7) is 6.81. The summed E-state index contributed by atoms with van der Waals surface area (Å²) in [7, 11) is 2.08. The summed E-state index contributed by atoms with van der Waals surface area (Å²) >= 11 is 0. The second-order valence-corrected chi connectivity index (χ2v) is 5.44. The van der Waals surface area contributed by atoms with Crippen molar-refractivity contribution in [2.75, 3.05) is 7.05 Å². The largest absolute Gasteiger partial charge is 0.317 e. The van der Waals surface area contributed by atoms with E-state index in [4.69, 9.17) is 0 Å². The third-order valence-corrected chi connectivity index (χ3v) is 3.47. The number of hydrogen-bond acceptors (Lipinski definition) is 1. The van der Waals surface area contributed by atoms with Crippen LogP contribution in [0.25, 0.3) is 0 Å². The van der Waals surface area contributed by atoms with Gasteiger partial charge in [0, 0.05) is 6.04 Å². The lowest BCUT2D eigenvalue weighted by Crippen LogP contribution is -2.27. The molecule has 1 atom stereocenters. The molecule has 0 heterocycles. The van der Waals surface area contributed by atoms with Crippen LogP contribution >= 0.6 is 0 Å². The average Bonchev–Trinajstić information content (AvgIpc) is 2.30. The Labute approximate surface area is 107 Å². The Morgan fingerprint density at radius 1 is 1.12 bits per heavy atom. The standard InChI is InChI=1S/C16H27N/c1-13(2)8-7-11-16(17-4)12-15-10-6-5-9-14(15)3/h5-6,9-10,13,16-17H,7-8,11-12H2,1-4H3. The van der Waals surface area contributed by atoms with Crippen LogP contribution in [0.1, 0.15) is 44.2 Å². The molecule has 1 unspecified atom stereocenters. The van der Waals surface area contributed by atoms with Crippen molar-refractivity contribution in [2.24, 2.45) is 5.92 Å². The molecule has 0 aliphatic heterocycles. The van der Waals surface area contributed by atoms with Gasteiger partial charge >= 0.3 is 0 Å². The van der Waals surface area contributed by atoms with Gasteiger partial charge in [0.25, 0.3) is 0 Å². The van der Waals surface area contributed by atoms with Gasteiger partial charge in [0.2, 0.25) is 0 Å². The first kappa shape index (κ1) is 14.2. The number of rotatable bonds is 7. The van der Waals surface area contributed by atoms with Crippen molar-refractivity contribution in [1.29, 1.82) is 0 Å². The Balaban J connectivity index is 2.44. The number of hydrogen-bond donors (Lipinski definition) is 1. The third kappa shape index (κ3) is 5.36. The summed E-state index contributed by atoms with van der Waals surface area (Å²) < 4.78 is 0. The monoisotopic (exact) mass is 233 g/mol. The molecule has 0 saturated carbocycles. The van der Waals surface area contributed by atoms with E-state index in [1.54, 1.807) is 0 Å². The molecule has 96 valence electrons. The molecular formula is C16H27N. The van der Waals surface area contributed by atoms with Crippen LogP contribution in [0, 0.1) is 12.8 Å². The highest BCUT2D eigenvalue weighted by atomic mass is 14.9. The lowest BCUT2D eigenvalue weighted by Gasteiger charge is -2.18. The van der Waals surface area contributed by atoms with Gasteiger partial charge in [-0.2, -0.15) is 0 Å². The Morgan fingerprint density at radius 3 is 2.41 bits per heavy atom. The fourth-order valence-electron chi connectivity index (χ4n) is 2.23. The zero-order valence-corrected chi connectivity index (χ0v) is 11.8. The zero-order valence-electron chi connectivity index (χ0n) is 11.8. The van der Waals surface area contributed by atoms with Crippen molar-refractivity contribution in [1.82, 2.24) is 5.32 Å². The summed E-state index contributed by atoms with van der Waals surface area (Å²) in [6, 6.07) is 9.34. The maximum atomic E-state index is 3.45. The molecule has 0 radical (unpaired) electrons. The van der Waals surface area contributed by atoms with Gasteiger partial charge in [-0.15, -0.1) is 0 Å². The first-order chi connectivity index (χ1) is 8.13. The molecule has 1 N–H and O–H groups in total. The van der Waals surface area contributed by atoms with Gasteiger partial charge in [-0.1, -0.05) is 51.0 Å². The maximum absolute atomic E-state index is 3.45. The van der Waals surface area contributed by atoms with Crippen LogP contribution in [0.2, 0.25) is 0 Å². The minimum atomic E-state index is 0.620. The molecule has 1 aromatic carbocycles. The number of aryl methyl sites for hydroxylation is 1. The predicted octanol–water partition coefficient (Wildman–Crippen LogP) is 3.95. The molecule has 0 aliphatic rings. The smallest absolute Gasteiger partial charge is 0.0105 e. The van der Waals surface area contributed by atoms with Crippen molar-refractivity contribution in [3.8, 4) is 0 Å². The molecule has 0 aromatic heterocycles. The first-order valence-corrected chi connectivity index (χ1v) is 6.85. The van der Waals surface area contributed by atoms with Crippen LogP contribution in [0.5, 0.6) is 0 Å². The highest BCUT2D eigenvalue weighted by molar-refractivity contribution is 5.26. The van der Waals surface area contributed by atoms with E-state index < -0.39 is 0 Å². The second kappa shape index (κ2) is 7.50. The van der Waals surface area contributed by atoms with Gasteiger partial charge in [0.15, 0.2) is 0 Å². The lowest BCUT2D eigenvalue weighted by molar-refractivity contribution is 0.457. The van der Waals surface area contributed by atoms with Crippen LogP contribution in [-0.4, -0.2) is 13.1 Å². The van der Waals surface area contributed by atoms with Gasteiger partial charge < -0.3 is 5.32 Å². The van der Waals surface area contributed by atoms with Crippen molar-refractivity contribution >= 4 is 0 Å². The maximum Gasteiger partial charge on any atom is 0.0105 e. The van der Waals surface area contributed by atoms with E-state index in [1.807, 2.05) is 0 Å². The zero-order chi connectivity index (χ0) is 12.7. The van der Waals surface area contributed by atoms with Crippen LogP contribution < -0.4 is 5.32 Å². The van der Waals surface area contributed by atoms with E-state index in [1.165, 1.54) is 30.4 Å². The van der Waals surface area contributed by atoms with Gasteiger partial charge in [0.05, 0.1) is 0 Å². The Kier molecular flexibility index (Phi) is 6.28. The molecule has 0 aliphatic carbocycles. The molecule has 1 aromatic rings. The van der Waals surface area contributed by atoms with E-state index in [2.05, 4.69) is 57.4 Å². The van der Waals surface area contributed by atoms with E-state index in [9.17, 15) is 0 Å². The topological polar surface area (TPSA) is 12.0 Å². The van der Waals surface area contributed by atoms with Gasteiger partial charge in [-0.05, 0) is 43.9 Å². The van der Waals surface area contributed by atoms with Gasteiger partial charge in [-0.25, -0.2) is 0 Å². The summed E-state index contributed by atoms with van der Waals surface area (Å²) in [5, 5.41) is 3.45. The number of nitrogens with one attached hydrogen (secondary N) is 1. The summed E-state index contributed by atoms with van der Waals surface area (Å²) in [6.07, 6.45) is 5.10. The Morgan fingerprint density at radius 2 is 1.82 bits per heavy atom. The normalized spacial score (nSPS) is 13.0. The van der Waals surface area contributed by atoms with Crippen LogP contribution in [-0.2, 0) is 6.42 Å². The molecular weight excluding hydrogens is 206 g/mol. The fraction of sp³-hybridized carbons (Fsp3) is 0.625. The number of benzene rings is 1. The second-order valence-electron chi connectivity index (χ2n) is 5.44. The minimum absolute atomic E-state index is 0.620. The summed E-state index contributed by atoms with van der Waals surface area (Å²) in [5.74, 6) is 0.825. The van der Waals surface area contributed by atoms with E-state index in [-0.39, 0.29) is 0 Å². The van der Waals surface area contributed by atoms with Crippen LogP contribution in [0.3, 0.4) is 0 Å². The average molecular weight is 233 g/mol. The van der Waals surface area contributed by atoms with Crippen molar-refractivity contribution in [3.63, 3.8) is 0 Å². The molecule has 1 nitrogen and oxygen atoms in total. The van der Waals surface area contributed by atoms with E-state index in [0.717, 1.165) is 12.3 Å². The SMILES string of the molecule is CNC(CCCC(C)C)Cc1ccccc1C. The number of likely N-dealkylation sites (N-methyl/N-ethyl adjacent to an activating group) is 1. The van der Waals surface area contributed by atoms with E-state index >= 15 is 0 Å². The van der Waals surface area contributed by atoms with Crippen molar-refractivity contribution in [2.45, 2.75) is 52.5 Å². The van der Waals surface area contributed by atoms with E-state index in [0.29, 0.717) is 6.04 Å². The molecule has 0 amide bonds. The molecule has 0 fully saturated rings. The van der Waals surface area contributed by atoms with Crippen LogP contribution in [0.15, 0.2) is 24.3 Å². The lowest BCUT2D eigenvalue weighted by atomic mass is 9.96. The fourth-order valence-corrected chi connectivity index (χ4v) is 2.23. The molecule has 1 rings (SSSR count). The Hall–Kier alpha value is -0.820. The van der Waals surface area contributed by atoms with Gasteiger partial charge in [-0.3, -0.25) is 0 Å². The van der Waals surface area contributed by atoms with Crippen LogP contribution in [0.4, 0.5) is 0 Å². The minimum Gasteiger partial charge on any atom is -0.317 e. The first-order valence-electron chi connectivity index (χ1n) is 6.85. The molecule has 0 spiro atoms. The molecule has 1 heteroatoms. The molecule has 0 saturated heterocycles. The van der Waals surface area contributed by atoms with Crippen molar-refractivity contribution in [3.05, 3.63) is 35.4 Å². The summed E-state index contributed by atoms with van der Waals surface area (Å²) in [5.41, 5.74) is 2.90.